The number of hydrogen-bond acceptors (Lipinski definition) is 1. The first-order valence-corrected chi connectivity index (χ1v) is 5.91. The monoisotopic (exact) mass is 183 g/mol. The molecule has 0 bridgehead atoms. The summed E-state index contributed by atoms with van der Waals surface area (Å²) < 4.78 is 0. The van der Waals surface area contributed by atoms with E-state index < -0.39 is 0 Å². The van der Waals surface area contributed by atoms with Crippen molar-refractivity contribution in [2.24, 2.45) is 5.41 Å². The zero-order valence-corrected chi connectivity index (χ0v) is 9.60. The lowest BCUT2D eigenvalue weighted by atomic mass is 9.72. The lowest BCUT2D eigenvalue weighted by Gasteiger charge is -2.40. The number of piperidine rings is 1. The Labute approximate surface area is 83.5 Å². The van der Waals surface area contributed by atoms with Crippen LogP contribution in [0.15, 0.2) is 0 Å². The molecule has 0 aromatic carbocycles. The largest absolute Gasteiger partial charge is 0.306 e. The summed E-state index contributed by atoms with van der Waals surface area (Å²) in [5.41, 5.74) is 0.718. The minimum Gasteiger partial charge on any atom is -0.306 e. The summed E-state index contributed by atoms with van der Waals surface area (Å²) >= 11 is 0. The van der Waals surface area contributed by atoms with Crippen LogP contribution in [-0.2, 0) is 0 Å². The molecule has 1 heteroatoms. The summed E-state index contributed by atoms with van der Waals surface area (Å²) in [4.78, 5) is 2.48. The van der Waals surface area contributed by atoms with Crippen molar-refractivity contribution in [1.29, 1.82) is 0 Å². The van der Waals surface area contributed by atoms with Crippen LogP contribution < -0.4 is 0 Å². The molecule has 1 aliphatic rings. The Morgan fingerprint density at radius 2 is 1.46 bits per heavy atom. The summed E-state index contributed by atoms with van der Waals surface area (Å²) in [6.45, 7) is 7.30. The first-order valence-electron chi connectivity index (χ1n) is 5.91. The Balaban J connectivity index is 2.47. The third kappa shape index (κ3) is 2.98. The minimum absolute atomic E-state index is 0.718. The van der Waals surface area contributed by atoms with Gasteiger partial charge in [0.2, 0.25) is 0 Å². The molecule has 0 N–H and O–H groups in total. The number of rotatable bonds is 4. The van der Waals surface area contributed by atoms with Gasteiger partial charge in [0.25, 0.3) is 0 Å². The van der Waals surface area contributed by atoms with Gasteiger partial charge in [0.05, 0.1) is 0 Å². The fraction of sp³-hybridized carbons (Fsp3) is 1.00. The Bertz CT molecular complexity index is 126. The zero-order valence-electron chi connectivity index (χ0n) is 9.60. The third-order valence-electron chi connectivity index (χ3n) is 3.61. The van der Waals surface area contributed by atoms with Crippen LogP contribution >= 0.6 is 0 Å². The molecule has 0 atom stereocenters. The van der Waals surface area contributed by atoms with Crippen molar-refractivity contribution in [3.8, 4) is 0 Å². The van der Waals surface area contributed by atoms with Crippen molar-refractivity contribution in [2.75, 3.05) is 20.1 Å². The molecule has 1 heterocycles. The summed E-state index contributed by atoms with van der Waals surface area (Å²) in [6.07, 6.45) is 8.51. The van der Waals surface area contributed by atoms with Crippen molar-refractivity contribution in [1.82, 2.24) is 4.90 Å². The highest BCUT2D eigenvalue weighted by atomic mass is 15.1. The molecule has 1 aliphatic heterocycles. The molecule has 1 saturated heterocycles. The Morgan fingerprint density at radius 3 is 1.85 bits per heavy atom. The predicted molar refractivity (Wildman–Crippen MR) is 59.0 cm³/mol. The molecule has 0 spiro atoms. The Kier molecular flexibility index (Phi) is 4.24. The minimum atomic E-state index is 0.718. The maximum Gasteiger partial charge on any atom is -0.00165 e. The van der Waals surface area contributed by atoms with Gasteiger partial charge in [0, 0.05) is 0 Å². The van der Waals surface area contributed by atoms with E-state index >= 15 is 0 Å². The number of hydrogen-bond donors (Lipinski definition) is 0. The van der Waals surface area contributed by atoms with Crippen LogP contribution in [0.4, 0.5) is 0 Å². The van der Waals surface area contributed by atoms with E-state index in [4.69, 9.17) is 0 Å². The fourth-order valence-electron chi connectivity index (χ4n) is 2.78. The lowest BCUT2D eigenvalue weighted by Crippen LogP contribution is -2.37. The molecule has 78 valence electrons. The van der Waals surface area contributed by atoms with E-state index in [1.165, 1.54) is 51.6 Å². The normalized spacial score (nSPS) is 23.3. The van der Waals surface area contributed by atoms with Crippen molar-refractivity contribution in [3.63, 3.8) is 0 Å². The van der Waals surface area contributed by atoms with Crippen molar-refractivity contribution >= 4 is 0 Å². The van der Waals surface area contributed by atoms with Gasteiger partial charge in [-0.3, -0.25) is 0 Å². The highest BCUT2D eigenvalue weighted by Gasteiger charge is 2.31. The molecule has 0 amide bonds. The van der Waals surface area contributed by atoms with Crippen molar-refractivity contribution < 1.29 is 0 Å². The van der Waals surface area contributed by atoms with Gasteiger partial charge in [-0.25, -0.2) is 0 Å². The quantitative estimate of drug-likeness (QED) is 0.646. The number of nitrogens with zero attached hydrogens (tertiary/aromatic N) is 1. The second kappa shape index (κ2) is 4.99. The SMILES string of the molecule is CCCC1(CCC)CCN(C)CC1. The second-order valence-corrected chi connectivity index (χ2v) is 4.80. The lowest BCUT2D eigenvalue weighted by molar-refractivity contribution is 0.101. The van der Waals surface area contributed by atoms with Crippen LogP contribution in [0.25, 0.3) is 0 Å². The smallest absolute Gasteiger partial charge is 0.00165 e. The van der Waals surface area contributed by atoms with Gasteiger partial charge < -0.3 is 4.90 Å². The Morgan fingerprint density at radius 1 is 1.00 bits per heavy atom. The highest BCUT2D eigenvalue weighted by Crippen LogP contribution is 2.39. The van der Waals surface area contributed by atoms with Gasteiger partial charge >= 0.3 is 0 Å². The van der Waals surface area contributed by atoms with Gasteiger partial charge in [0.15, 0.2) is 0 Å². The van der Waals surface area contributed by atoms with E-state index in [9.17, 15) is 0 Å². The summed E-state index contributed by atoms with van der Waals surface area (Å²) in [5.74, 6) is 0. The standard InChI is InChI=1S/C12H25N/c1-4-6-12(7-5-2)8-10-13(3)11-9-12/h4-11H2,1-3H3. The van der Waals surface area contributed by atoms with E-state index in [0.717, 1.165) is 5.41 Å². The summed E-state index contributed by atoms with van der Waals surface area (Å²) in [6, 6.07) is 0. The Hall–Kier alpha value is -0.0400. The molecule has 0 unspecified atom stereocenters. The van der Waals surface area contributed by atoms with Gasteiger partial charge in [-0.1, -0.05) is 26.7 Å². The third-order valence-corrected chi connectivity index (χ3v) is 3.61. The van der Waals surface area contributed by atoms with Crippen LogP contribution in [0.2, 0.25) is 0 Å². The van der Waals surface area contributed by atoms with Crippen LogP contribution in [0.3, 0.4) is 0 Å². The highest BCUT2D eigenvalue weighted by molar-refractivity contribution is 4.84. The van der Waals surface area contributed by atoms with E-state index in [2.05, 4.69) is 25.8 Å². The molecule has 0 aromatic rings. The maximum absolute atomic E-state index is 2.48. The van der Waals surface area contributed by atoms with Gasteiger partial charge in [0.1, 0.15) is 0 Å². The summed E-state index contributed by atoms with van der Waals surface area (Å²) in [5, 5.41) is 0. The molecule has 1 fully saturated rings. The van der Waals surface area contributed by atoms with E-state index in [0.29, 0.717) is 0 Å². The second-order valence-electron chi connectivity index (χ2n) is 4.80. The van der Waals surface area contributed by atoms with Gasteiger partial charge in [-0.15, -0.1) is 0 Å². The van der Waals surface area contributed by atoms with Crippen molar-refractivity contribution in [2.45, 2.75) is 52.4 Å². The number of likely N-dealkylation sites (tertiary alicyclic amines) is 1. The predicted octanol–water partition coefficient (Wildman–Crippen LogP) is 3.30. The molecule has 0 aliphatic carbocycles. The molecule has 0 radical (unpaired) electrons. The first-order chi connectivity index (χ1) is 6.22. The van der Waals surface area contributed by atoms with Crippen LogP contribution in [-0.4, -0.2) is 25.0 Å². The topological polar surface area (TPSA) is 3.24 Å². The molecule has 0 saturated carbocycles. The molecule has 1 nitrogen and oxygen atoms in total. The van der Waals surface area contributed by atoms with Crippen LogP contribution in [0.1, 0.15) is 52.4 Å². The van der Waals surface area contributed by atoms with Gasteiger partial charge in [-0.05, 0) is 51.2 Å². The molecular formula is C12H25N. The van der Waals surface area contributed by atoms with E-state index in [1.807, 2.05) is 0 Å². The average molecular weight is 183 g/mol. The molecule has 13 heavy (non-hydrogen) atoms. The van der Waals surface area contributed by atoms with Crippen LogP contribution in [0.5, 0.6) is 0 Å². The van der Waals surface area contributed by atoms with E-state index in [1.54, 1.807) is 0 Å². The first kappa shape index (κ1) is 11.0. The molecule has 0 aromatic heterocycles. The van der Waals surface area contributed by atoms with E-state index in [-0.39, 0.29) is 0 Å². The van der Waals surface area contributed by atoms with Crippen LogP contribution in [0, 0.1) is 5.41 Å². The summed E-state index contributed by atoms with van der Waals surface area (Å²) in [7, 11) is 2.25. The van der Waals surface area contributed by atoms with Gasteiger partial charge in [-0.2, -0.15) is 0 Å². The van der Waals surface area contributed by atoms with Crippen molar-refractivity contribution in [3.05, 3.63) is 0 Å². The fourth-order valence-corrected chi connectivity index (χ4v) is 2.78. The zero-order chi connectivity index (χ0) is 9.73. The molecule has 1 rings (SSSR count). The average Bonchev–Trinajstić information content (AvgIpc) is 2.11. The molecular weight excluding hydrogens is 158 g/mol. The maximum atomic E-state index is 2.48.